The number of hydrogen-bond acceptors (Lipinski definition) is 5. The van der Waals surface area contributed by atoms with Crippen LogP contribution in [0.1, 0.15) is 32.1 Å². The Hall–Kier alpha value is -0.700. The summed E-state index contributed by atoms with van der Waals surface area (Å²) in [6, 6.07) is 0. The molecule has 0 spiro atoms. The number of nitrogens with zero attached hydrogens (tertiary/aromatic N) is 1. The third-order valence-corrected chi connectivity index (χ3v) is 6.09. The smallest absolute Gasteiger partial charge is 0.221 e. The Labute approximate surface area is 125 Å². The van der Waals surface area contributed by atoms with Gasteiger partial charge in [0.05, 0.1) is 31.1 Å². The molecule has 2 aliphatic rings. The molecule has 1 aliphatic carbocycles. The number of aliphatic hydroxyl groups excluding tert-OH is 1. The van der Waals surface area contributed by atoms with E-state index in [2.05, 4.69) is 5.32 Å². The van der Waals surface area contributed by atoms with E-state index in [0.717, 1.165) is 25.7 Å². The van der Waals surface area contributed by atoms with Crippen LogP contribution in [0.4, 0.5) is 0 Å². The molecule has 0 aromatic heterocycles. The molecule has 8 heteroatoms. The highest BCUT2D eigenvalue weighted by Gasteiger charge is 2.35. The number of amides is 1. The van der Waals surface area contributed by atoms with Crippen molar-refractivity contribution in [1.29, 1.82) is 0 Å². The van der Waals surface area contributed by atoms with Gasteiger partial charge in [-0.25, -0.2) is 8.42 Å². The molecule has 1 amide bonds. The molecule has 122 valence electrons. The van der Waals surface area contributed by atoms with E-state index in [9.17, 15) is 18.3 Å². The van der Waals surface area contributed by atoms with Crippen LogP contribution in [0.25, 0.3) is 0 Å². The molecule has 21 heavy (non-hydrogen) atoms. The second-order valence-electron chi connectivity index (χ2n) is 5.77. The highest BCUT2D eigenvalue weighted by atomic mass is 32.2. The summed E-state index contributed by atoms with van der Waals surface area (Å²) in [5.41, 5.74) is -0.542. The van der Waals surface area contributed by atoms with Gasteiger partial charge in [-0.3, -0.25) is 4.79 Å². The van der Waals surface area contributed by atoms with E-state index in [4.69, 9.17) is 4.74 Å². The minimum atomic E-state index is -3.41. The fourth-order valence-electron chi connectivity index (χ4n) is 2.91. The van der Waals surface area contributed by atoms with Gasteiger partial charge in [-0.1, -0.05) is 12.8 Å². The van der Waals surface area contributed by atoms with Gasteiger partial charge in [0, 0.05) is 19.5 Å². The van der Waals surface area contributed by atoms with Crippen LogP contribution in [0.5, 0.6) is 0 Å². The summed E-state index contributed by atoms with van der Waals surface area (Å²) in [5.74, 6) is -0.497. The molecule has 2 fully saturated rings. The second-order valence-corrected chi connectivity index (χ2v) is 7.86. The summed E-state index contributed by atoms with van der Waals surface area (Å²) in [6.45, 7) is 1.42. The first-order chi connectivity index (χ1) is 9.97. The molecular weight excluding hydrogens is 296 g/mol. The van der Waals surface area contributed by atoms with E-state index in [1.165, 1.54) is 4.31 Å². The van der Waals surface area contributed by atoms with Crippen molar-refractivity contribution < 1.29 is 23.1 Å². The minimum absolute atomic E-state index is 0.0680. The quantitative estimate of drug-likeness (QED) is 0.685. The standard InChI is InChI=1S/C13H24N2O5S/c16-11-13(4-1-2-5-13)14-12(17)3-10-21(18,19)15-6-8-20-9-7-15/h16H,1-11H2,(H,14,17). The van der Waals surface area contributed by atoms with Crippen molar-refractivity contribution in [2.75, 3.05) is 38.7 Å². The van der Waals surface area contributed by atoms with Gasteiger partial charge in [0.15, 0.2) is 0 Å². The molecule has 1 aliphatic heterocycles. The van der Waals surface area contributed by atoms with Crippen molar-refractivity contribution in [3.63, 3.8) is 0 Å². The summed E-state index contributed by atoms with van der Waals surface area (Å²) < 4.78 is 30.7. The molecule has 0 bridgehead atoms. The predicted octanol–water partition coefficient (Wildman–Crippen LogP) is -0.540. The third kappa shape index (κ3) is 4.38. The highest BCUT2D eigenvalue weighted by molar-refractivity contribution is 7.89. The van der Waals surface area contributed by atoms with E-state index in [-0.39, 0.29) is 24.7 Å². The second kappa shape index (κ2) is 7.04. The number of nitrogens with one attached hydrogen (secondary N) is 1. The Morgan fingerprint density at radius 2 is 1.86 bits per heavy atom. The zero-order valence-corrected chi connectivity index (χ0v) is 13.0. The van der Waals surface area contributed by atoms with E-state index in [0.29, 0.717) is 26.3 Å². The lowest BCUT2D eigenvalue weighted by Crippen LogP contribution is -2.50. The number of carbonyl (C=O) groups excluding carboxylic acids is 1. The van der Waals surface area contributed by atoms with Crippen LogP contribution in [-0.2, 0) is 19.6 Å². The Morgan fingerprint density at radius 3 is 2.43 bits per heavy atom. The van der Waals surface area contributed by atoms with Crippen LogP contribution in [-0.4, -0.2) is 67.9 Å². The highest BCUT2D eigenvalue weighted by Crippen LogP contribution is 2.29. The first-order valence-electron chi connectivity index (χ1n) is 7.45. The number of ether oxygens (including phenoxy) is 1. The number of carbonyl (C=O) groups is 1. The Kier molecular flexibility index (Phi) is 5.59. The first-order valence-corrected chi connectivity index (χ1v) is 9.06. The fraction of sp³-hybridized carbons (Fsp3) is 0.923. The molecule has 0 aromatic carbocycles. The zero-order chi connectivity index (χ0) is 15.3. The molecule has 1 saturated heterocycles. The molecular formula is C13H24N2O5S. The lowest BCUT2D eigenvalue weighted by molar-refractivity contribution is -0.123. The molecule has 0 atom stereocenters. The molecule has 0 unspecified atom stereocenters. The number of sulfonamides is 1. The van der Waals surface area contributed by atoms with Crippen molar-refractivity contribution in [2.24, 2.45) is 0 Å². The Morgan fingerprint density at radius 1 is 1.24 bits per heavy atom. The van der Waals surface area contributed by atoms with E-state index in [1.807, 2.05) is 0 Å². The van der Waals surface area contributed by atoms with Crippen molar-refractivity contribution in [3.8, 4) is 0 Å². The SMILES string of the molecule is O=C(CCS(=O)(=O)N1CCOCC1)NC1(CO)CCCC1. The van der Waals surface area contributed by atoms with Crippen molar-refractivity contribution in [1.82, 2.24) is 9.62 Å². The maximum Gasteiger partial charge on any atom is 0.221 e. The van der Waals surface area contributed by atoms with Crippen LogP contribution >= 0.6 is 0 Å². The number of aliphatic hydroxyl groups is 1. The summed E-state index contributed by atoms with van der Waals surface area (Å²) in [5, 5.41) is 12.3. The molecule has 0 aromatic rings. The number of hydrogen-bond donors (Lipinski definition) is 2. The summed E-state index contributed by atoms with van der Waals surface area (Å²) in [4.78, 5) is 12.0. The first kappa shape index (κ1) is 16.7. The van der Waals surface area contributed by atoms with Gasteiger partial charge >= 0.3 is 0 Å². The van der Waals surface area contributed by atoms with E-state index in [1.54, 1.807) is 0 Å². The Balaban J connectivity index is 1.82. The largest absolute Gasteiger partial charge is 0.394 e. The summed E-state index contributed by atoms with van der Waals surface area (Å²) in [6.07, 6.45) is 3.40. The van der Waals surface area contributed by atoms with Crippen LogP contribution in [0.15, 0.2) is 0 Å². The summed E-state index contributed by atoms with van der Waals surface area (Å²) in [7, 11) is -3.41. The molecule has 7 nitrogen and oxygen atoms in total. The van der Waals surface area contributed by atoms with E-state index < -0.39 is 15.6 Å². The molecule has 2 rings (SSSR count). The van der Waals surface area contributed by atoms with Crippen LogP contribution < -0.4 is 5.32 Å². The van der Waals surface area contributed by atoms with Gasteiger partial charge in [0.2, 0.25) is 15.9 Å². The van der Waals surface area contributed by atoms with Crippen LogP contribution in [0, 0.1) is 0 Å². The number of rotatable bonds is 6. The van der Waals surface area contributed by atoms with Crippen LogP contribution in [0.3, 0.4) is 0 Å². The van der Waals surface area contributed by atoms with Crippen molar-refractivity contribution in [3.05, 3.63) is 0 Å². The topological polar surface area (TPSA) is 95.9 Å². The van der Waals surface area contributed by atoms with Crippen LogP contribution in [0.2, 0.25) is 0 Å². The normalized spacial score (nSPS) is 23.1. The lowest BCUT2D eigenvalue weighted by atomic mass is 9.99. The monoisotopic (exact) mass is 320 g/mol. The minimum Gasteiger partial charge on any atom is -0.394 e. The maximum absolute atomic E-state index is 12.1. The van der Waals surface area contributed by atoms with Gasteiger partial charge in [0.1, 0.15) is 0 Å². The maximum atomic E-state index is 12.1. The van der Waals surface area contributed by atoms with Gasteiger partial charge in [-0.05, 0) is 12.8 Å². The Bertz CT molecular complexity index is 453. The predicted molar refractivity (Wildman–Crippen MR) is 77.2 cm³/mol. The average molecular weight is 320 g/mol. The van der Waals surface area contributed by atoms with Crippen molar-refractivity contribution >= 4 is 15.9 Å². The third-order valence-electron chi connectivity index (χ3n) is 4.22. The number of morpholine rings is 1. The fourth-order valence-corrected chi connectivity index (χ4v) is 4.32. The molecule has 1 heterocycles. The van der Waals surface area contributed by atoms with Gasteiger partial charge in [-0.2, -0.15) is 4.31 Å². The van der Waals surface area contributed by atoms with Gasteiger partial charge in [0.25, 0.3) is 0 Å². The van der Waals surface area contributed by atoms with Gasteiger partial charge in [-0.15, -0.1) is 0 Å². The average Bonchev–Trinajstić information content (AvgIpc) is 2.95. The van der Waals surface area contributed by atoms with E-state index >= 15 is 0 Å². The molecule has 0 radical (unpaired) electrons. The van der Waals surface area contributed by atoms with Gasteiger partial charge < -0.3 is 15.2 Å². The lowest BCUT2D eigenvalue weighted by Gasteiger charge is -2.29. The summed E-state index contributed by atoms with van der Waals surface area (Å²) >= 11 is 0. The molecule has 2 N–H and O–H groups in total. The van der Waals surface area contributed by atoms with Crippen molar-refractivity contribution in [2.45, 2.75) is 37.6 Å². The molecule has 1 saturated carbocycles. The zero-order valence-electron chi connectivity index (χ0n) is 12.2.